The molecule has 0 amide bonds. The minimum absolute atomic E-state index is 0.350. The van der Waals surface area contributed by atoms with Gasteiger partial charge in [0.15, 0.2) is 0 Å². The van der Waals surface area contributed by atoms with Crippen LogP contribution >= 0.6 is 15.9 Å². The summed E-state index contributed by atoms with van der Waals surface area (Å²) in [6, 6.07) is 4.14. The maximum atomic E-state index is 10.7. The van der Waals surface area contributed by atoms with Crippen LogP contribution in [0.2, 0.25) is 0 Å². The van der Waals surface area contributed by atoms with Crippen molar-refractivity contribution in [2.75, 3.05) is 7.11 Å². The van der Waals surface area contributed by atoms with E-state index >= 15 is 0 Å². The molecule has 0 atom stereocenters. The van der Waals surface area contributed by atoms with Crippen molar-refractivity contribution >= 4 is 22.0 Å². The van der Waals surface area contributed by atoms with Crippen molar-refractivity contribution in [2.45, 2.75) is 44.6 Å². The van der Waals surface area contributed by atoms with Crippen molar-refractivity contribution in [3.05, 3.63) is 27.7 Å². The fourth-order valence-corrected chi connectivity index (χ4v) is 3.23. The maximum Gasteiger partial charge on any atom is 0.235 e. The second-order valence-electron chi connectivity index (χ2n) is 5.32. The first-order valence-corrected chi connectivity index (χ1v) is 7.30. The molecule has 1 aromatic carbocycles. The molecule has 0 radical (unpaired) electrons. The predicted molar refractivity (Wildman–Crippen MR) is 78.4 cm³/mol. The van der Waals surface area contributed by atoms with Crippen LogP contribution in [-0.2, 0) is 10.3 Å². The normalized spacial score (nSPS) is 16.7. The van der Waals surface area contributed by atoms with Crippen LogP contribution in [0.25, 0.3) is 0 Å². The number of aliphatic imine (C=N–C) groups is 1. The molecule has 2 rings (SSSR count). The first kappa shape index (κ1) is 14.3. The van der Waals surface area contributed by atoms with Gasteiger partial charge in [0.05, 0.1) is 17.1 Å². The lowest BCUT2D eigenvalue weighted by Gasteiger charge is -2.37. The van der Waals surface area contributed by atoms with E-state index in [0.29, 0.717) is 5.92 Å². The van der Waals surface area contributed by atoms with Gasteiger partial charge in [-0.25, -0.2) is 4.79 Å². The molecule has 0 spiro atoms. The molecule has 0 N–H and O–H groups in total. The molecule has 0 aromatic heterocycles. The Hall–Kier alpha value is -1.12. The SMILES string of the molecule is COc1c(Br)cc(C2(N=C=O)CCC2)cc1C(C)C. The summed E-state index contributed by atoms with van der Waals surface area (Å²) in [5.74, 6) is 1.21. The van der Waals surface area contributed by atoms with E-state index in [-0.39, 0.29) is 5.54 Å². The molecule has 0 bridgehead atoms. The fourth-order valence-electron chi connectivity index (χ4n) is 2.59. The molecule has 0 heterocycles. The Balaban J connectivity index is 2.56. The van der Waals surface area contributed by atoms with Gasteiger partial charge in [-0.05, 0) is 64.4 Å². The lowest BCUT2D eigenvalue weighted by molar-refractivity contribution is 0.255. The molecule has 3 nitrogen and oxygen atoms in total. The van der Waals surface area contributed by atoms with Crippen LogP contribution in [0.1, 0.15) is 50.2 Å². The summed E-state index contributed by atoms with van der Waals surface area (Å²) >= 11 is 3.56. The number of hydrogen-bond acceptors (Lipinski definition) is 3. The number of rotatable bonds is 4. The molecular formula is C15H18BrNO2. The Morgan fingerprint density at radius 1 is 1.42 bits per heavy atom. The smallest absolute Gasteiger partial charge is 0.235 e. The molecule has 19 heavy (non-hydrogen) atoms. The molecule has 1 fully saturated rings. The Bertz CT molecular complexity index is 529. The second-order valence-corrected chi connectivity index (χ2v) is 6.18. The highest BCUT2D eigenvalue weighted by Gasteiger charge is 2.39. The number of carbonyl (C=O) groups excluding carboxylic acids is 1. The van der Waals surface area contributed by atoms with Crippen molar-refractivity contribution in [3.8, 4) is 5.75 Å². The third-order valence-corrected chi connectivity index (χ3v) is 4.47. The number of ether oxygens (including phenoxy) is 1. The third kappa shape index (κ3) is 2.47. The van der Waals surface area contributed by atoms with Gasteiger partial charge in [-0.1, -0.05) is 13.8 Å². The maximum absolute atomic E-state index is 10.7. The van der Waals surface area contributed by atoms with Crippen molar-refractivity contribution in [1.82, 2.24) is 0 Å². The predicted octanol–water partition coefficient (Wildman–Crippen LogP) is 4.30. The number of isocyanates is 1. The van der Waals surface area contributed by atoms with Crippen LogP contribution in [0, 0.1) is 0 Å². The van der Waals surface area contributed by atoms with E-state index in [2.05, 4.69) is 40.8 Å². The summed E-state index contributed by atoms with van der Waals surface area (Å²) in [6.45, 7) is 4.26. The summed E-state index contributed by atoms with van der Waals surface area (Å²) < 4.78 is 6.38. The first-order valence-electron chi connectivity index (χ1n) is 6.51. The van der Waals surface area contributed by atoms with Crippen molar-refractivity contribution in [2.24, 2.45) is 4.99 Å². The van der Waals surface area contributed by atoms with Gasteiger partial charge in [0.1, 0.15) is 5.75 Å². The topological polar surface area (TPSA) is 38.7 Å². The third-order valence-electron chi connectivity index (χ3n) is 3.88. The molecule has 0 unspecified atom stereocenters. The van der Waals surface area contributed by atoms with Crippen LogP contribution in [0.15, 0.2) is 21.6 Å². The average molecular weight is 324 g/mol. The molecule has 0 aliphatic heterocycles. The number of benzene rings is 1. The van der Waals surface area contributed by atoms with E-state index in [1.165, 1.54) is 0 Å². The molecule has 102 valence electrons. The van der Waals surface area contributed by atoms with Crippen LogP contribution in [0.3, 0.4) is 0 Å². The van der Waals surface area contributed by atoms with E-state index in [1.54, 1.807) is 13.2 Å². The van der Waals surface area contributed by atoms with Crippen LogP contribution in [0.4, 0.5) is 0 Å². The van der Waals surface area contributed by atoms with E-state index in [0.717, 1.165) is 40.6 Å². The number of methoxy groups -OCH3 is 1. The Kier molecular flexibility index (Phi) is 4.12. The van der Waals surface area contributed by atoms with Crippen molar-refractivity contribution < 1.29 is 9.53 Å². The van der Waals surface area contributed by atoms with Crippen molar-refractivity contribution in [3.63, 3.8) is 0 Å². The lowest BCUT2D eigenvalue weighted by atomic mass is 9.72. The fraction of sp³-hybridized carbons (Fsp3) is 0.533. The minimum atomic E-state index is -0.361. The van der Waals surface area contributed by atoms with Gasteiger partial charge in [-0.2, -0.15) is 4.99 Å². The van der Waals surface area contributed by atoms with E-state index in [4.69, 9.17) is 4.74 Å². The summed E-state index contributed by atoms with van der Waals surface area (Å²) in [6.07, 6.45) is 4.67. The van der Waals surface area contributed by atoms with Gasteiger partial charge < -0.3 is 4.74 Å². The summed E-state index contributed by atoms with van der Waals surface area (Å²) in [7, 11) is 1.67. The van der Waals surface area contributed by atoms with E-state index in [9.17, 15) is 4.79 Å². The molecule has 1 aliphatic rings. The summed E-state index contributed by atoms with van der Waals surface area (Å²) in [4.78, 5) is 14.7. The largest absolute Gasteiger partial charge is 0.495 e. The van der Waals surface area contributed by atoms with Gasteiger partial charge in [0.25, 0.3) is 0 Å². The van der Waals surface area contributed by atoms with Crippen LogP contribution in [0.5, 0.6) is 5.75 Å². The highest BCUT2D eigenvalue weighted by molar-refractivity contribution is 9.10. The number of hydrogen-bond donors (Lipinski definition) is 0. The summed E-state index contributed by atoms with van der Waals surface area (Å²) in [5, 5.41) is 0. The Morgan fingerprint density at radius 3 is 2.53 bits per heavy atom. The zero-order chi connectivity index (χ0) is 14.0. The minimum Gasteiger partial charge on any atom is -0.495 e. The zero-order valence-corrected chi connectivity index (χ0v) is 13.1. The molecular weight excluding hydrogens is 306 g/mol. The number of halogens is 1. The Labute approximate surface area is 122 Å². The molecule has 1 saturated carbocycles. The standard InChI is InChI=1S/C15H18BrNO2/c1-10(2)12-7-11(8-13(16)14(12)19-3)15(17-9-18)5-4-6-15/h7-8,10H,4-6H2,1-3H3. The quantitative estimate of drug-likeness (QED) is 0.612. The van der Waals surface area contributed by atoms with Gasteiger partial charge in [0.2, 0.25) is 6.08 Å². The molecule has 4 heteroatoms. The van der Waals surface area contributed by atoms with Gasteiger partial charge in [-0.3, -0.25) is 0 Å². The van der Waals surface area contributed by atoms with Gasteiger partial charge >= 0.3 is 0 Å². The van der Waals surface area contributed by atoms with E-state index < -0.39 is 0 Å². The monoisotopic (exact) mass is 323 g/mol. The zero-order valence-electron chi connectivity index (χ0n) is 11.5. The van der Waals surface area contributed by atoms with Gasteiger partial charge in [0, 0.05) is 0 Å². The number of nitrogens with zero attached hydrogens (tertiary/aromatic N) is 1. The first-order chi connectivity index (χ1) is 9.04. The van der Waals surface area contributed by atoms with Crippen LogP contribution < -0.4 is 4.74 Å². The van der Waals surface area contributed by atoms with Gasteiger partial charge in [-0.15, -0.1) is 0 Å². The lowest BCUT2D eigenvalue weighted by Crippen LogP contribution is -2.32. The highest BCUT2D eigenvalue weighted by Crippen LogP contribution is 2.47. The highest BCUT2D eigenvalue weighted by atomic mass is 79.9. The molecule has 1 aliphatic carbocycles. The summed E-state index contributed by atoms with van der Waals surface area (Å²) in [5.41, 5.74) is 1.86. The molecule has 1 aromatic rings. The van der Waals surface area contributed by atoms with Crippen LogP contribution in [-0.4, -0.2) is 13.2 Å². The second kappa shape index (κ2) is 5.48. The molecule has 0 saturated heterocycles. The Morgan fingerprint density at radius 2 is 2.11 bits per heavy atom. The average Bonchev–Trinajstić information content (AvgIpc) is 2.32. The van der Waals surface area contributed by atoms with Crippen molar-refractivity contribution in [1.29, 1.82) is 0 Å². The van der Waals surface area contributed by atoms with E-state index in [1.807, 2.05) is 6.07 Å².